The summed E-state index contributed by atoms with van der Waals surface area (Å²) in [5.41, 5.74) is 0.440. The minimum Gasteiger partial charge on any atom is -0.460 e. The third-order valence-corrected chi connectivity index (χ3v) is 4.27. The lowest BCUT2D eigenvalue weighted by Crippen LogP contribution is -2.40. The Morgan fingerprint density at radius 2 is 1.39 bits per heavy atom. The van der Waals surface area contributed by atoms with Gasteiger partial charge in [-0.05, 0) is 12.1 Å². The van der Waals surface area contributed by atoms with Gasteiger partial charge in [0.1, 0.15) is 6.61 Å². The summed E-state index contributed by atoms with van der Waals surface area (Å²) >= 11 is 0. The molecule has 120 valence electrons. The number of nitrogens with two attached hydrogens (primary N) is 1. The minimum atomic E-state index is -4.22. The predicted molar refractivity (Wildman–Crippen MR) is 84.4 cm³/mol. The van der Waals surface area contributed by atoms with Gasteiger partial charge in [0, 0.05) is 5.56 Å². The quantitative estimate of drug-likeness (QED) is 0.635. The first-order chi connectivity index (χ1) is 10.9. The van der Waals surface area contributed by atoms with Crippen LogP contribution in [0.3, 0.4) is 0 Å². The van der Waals surface area contributed by atoms with Gasteiger partial charge in [0.15, 0.2) is 11.0 Å². The number of ketones is 1. The molecule has 6 nitrogen and oxygen atoms in total. The van der Waals surface area contributed by atoms with Gasteiger partial charge in [-0.15, -0.1) is 0 Å². The van der Waals surface area contributed by atoms with Crippen LogP contribution < -0.4 is 5.14 Å². The van der Waals surface area contributed by atoms with E-state index in [0.29, 0.717) is 0 Å². The van der Waals surface area contributed by atoms with Crippen LogP contribution in [-0.4, -0.2) is 32.0 Å². The third-order valence-electron chi connectivity index (χ3n) is 3.12. The van der Waals surface area contributed by atoms with E-state index >= 15 is 0 Å². The Balaban J connectivity index is 2.15. The SMILES string of the molecule is NS(=O)(=O)C(COC(=O)c1ccccc1)C(=O)c1ccccc1. The highest BCUT2D eigenvalue weighted by atomic mass is 32.2. The Hall–Kier alpha value is -2.51. The molecule has 2 N–H and O–H groups in total. The highest BCUT2D eigenvalue weighted by Crippen LogP contribution is 2.11. The summed E-state index contributed by atoms with van der Waals surface area (Å²) in [5, 5.41) is 3.46. The molecule has 0 saturated heterocycles. The van der Waals surface area contributed by atoms with Gasteiger partial charge < -0.3 is 4.74 Å². The van der Waals surface area contributed by atoms with Gasteiger partial charge in [0.2, 0.25) is 10.0 Å². The second kappa shape index (κ2) is 7.17. The lowest BCUT2D eigenvalue weighted by atomic mass is 10.1. The van der Waals surface area contributed by atoms with E-state index in [2.05, 4.69) is 0 Å². The molecule has 0 amide bonds. The first kappa shape index (κ1) is 16.9. The maximum Gasteiger partial charge on any atom is 0.338 e. The van der Waals surface area contributed by atoms with E-state index in [0.717, 1.165) is 0 Å². The monoisotopic (exact) mass is 333 g/mol. The Bertz CT molecular complexity index is 788. The molecule has 0 spiro atoms. The maximum absolute atomic E-state index is 12.3. The van der Waals surface area contributed by atoms with Crippen molar-refractivity contribution < 1.29 is 22.7 Å². The zero-order valence-corrected chi connectivity index (χ0v) is 12.9. The fourth-order valence-electron chi connectivity index (χ4n) is 1.92. The smallest absolute Gasteiger partial charge is 0.338 e. The molecule has 0 aliphatic carbocycles. The number of sulfonamides is 1. The number of hydrogen-bond acceptors (Lipinski definition) is 5. The van der Waals surface area contributed by atoms with Crippen LogP contribution in [0.2, 0.25) is 0 Å². The highest BCUT2D eigenvalue weighted by molar-refractivity contribution is 7.90. The summed E-state index contributed by atoms with van der Waals surface area (Å²) < 4.78 is 28.3. The first-order valence-electron chi connectivity index (χ1n) is 6.72. The molecule has 0 radical (unpaired) electrons. The summed E-state index contributed by atoms with van der Waals surface area (Å²) in [5.74, 6) is -1.44. The van der Waals surface area contributed by atoms with E-state index in [-0.39, 0.29) is 11.1 Å². The Morgan fingerprint density at radius 1 is 0.913 bits per heavy atom. The van der Waals surface area contributed by atoms with Crippen LogP contribution in [0.25, 0.3) is 0 Å². The largest absolute Gasteiger partial charge is 0.460 e. The zero-order valence-electron chi connectivity index (χ0n) is 12.1. The van der Waals surface area contributed by atoms with E-state index in [9.17, 15) is 18.0 Å². The van der Waals surface area contributed by atoms with Crippen molar-refractivity contribution in [3.63, 3.8) is 0 Å². The molecule has 0 saturated carbocycles. The van der Waals surface area contributed by atoms with Crippen LogP contribution in [0.15, 0.2) is 60.7 Å². The Kier molecular flexibility index (Phi) is 5.25. The average molecular weight is 333 g/mol. The van der Waals surface area contributed by atoms with E-state index in [1.807, 2.05) is 0 Å². The molecule has 2 rings (SSSR count). The summed E-state index contributed by atoms with van der Waals surface area (Å²) in [6, 6.07) is 15.9. The number of benzene rings is 2. The molecule has 0 heterocycles. The molecule has 2 aromatic rings. The standard InChI is InChI=1S/C16H15NO5S/c17-23(20,21)14(15(18)12-7-3-1-4-8-12)11-22-16(19)13-9-5-2-6-10-13/h1-10,14H,11H2,(H2,17,20,21). The Morgan fingerprint density at radius 3 is 1.87 bits per heavy atom. The van der Waals surface area contributed by atoms with Crippen LogP contribution >= 0.6 is 0 Å². The molecule has 23 heavy (non-hydrogen) atoms. The fraction of sp³-hybridized carbons (Fsp3) is 0.125. The molecule has 0 aliphatic heterocycles. The molecule has 1 unspecified atom stereocenters. The fourth-order valence-corrected chi connectivity index (χ4v) is 2.61. The van der Waals surface area contributed by atoms with Gasteiger partial charge in [-0.25, -0.2) is 18.4 Å². The lowest BCUT2D eigenvalue weighted by molar-refractivity contribution is 0.0500. The van der Waals surface area contributed by atoms with Crippen molar-refractivity contribution >= 4 is 21.8 Å². The molecular formula is C16H15NO5S. The molecule has 7 heteroatoms. The van der Waals surface area contributed by atoms with Gasteiger partial charge in [-0.3, -0.25) is 4.79 Å². The first-order valence-corrected chi connectivity index (χ1v) is 8.33. The van der Waals surface area contributed by atoms with E-state index in [1.165, 1.54) is 24.3 Å². The number of esters is 1. The summed E-state index contributed by atoms with van der Waals surface area (Å²) in [6.45, 7) is -0.639. The van der Waals surface area contributed by atoms with Crippen molar-refractivity contribution in [1.29, 1.82) is 0 Å². The summed E-state index contributed by atoms with van der Waals surface area (Å²) in [6.07, 6.45) is 0. The number of rotatable bonds is 6. The minimum absolute atomic E-state index is 0.183. The van der Waals surface area contributed by atoms with Crippen LogP contribution in [0.1, 0.15) is 20.7 Å². The van der Waals surface area contributed by atoms with Crippen molar-refractivity contribution in [3.8, 4) is 0 Å². The normalized spacial score (nSPS) is 12.4. The van der Waals surface area contributed by atoms with Crippen LogP contribution in [0.5, 0.6) is 0 Å². The molecule has 0 bridgehead atoms. The molecule has 2 aromatic carbocycles. The van der Waals surface area contributed by atoms with Crippen molar-refractivity contribution in [2.24, 2.45) is 5.14 Å². The second-order valence-corrected chi connectivity index (χ2v) is 6.52. The molecule has 0 fully saturated rings. The van der Waals surface area contributed by atoms with Gasteiger partial charge in [0.25, 0.3) is 0 Å². The highest BCUT2D eigenvalue weighted by Gasteiger charge is 2.32. The van der Waals surface area contributed by atoms with Crippen LogP contribution in [-0.2, 0) is 14.8 Å². The maximum atomic E-state index is 12.3. The van der Waals surface area contributed by atoms with Crippen molar-refractivity contribution in [1.82, 2.24) is 0 Å². The molecule has 0 aliphatic rings. The average Bonchev–Trinajstić information content (AvgIpc) is 2.55. The van der Waals surface area contributed by atoms with Crippen molar-refractivity contribution in [2.75, 3.05) is 6.61 Å². The van der Waals surface area contributed by atoms with Crippen molar-refractivity contribution in [3.05, 3.63) is 71.8 Å². The van der Waals surface area contributed by atoms with E-state index < -0.39 is 33.6 Å². The summed E-state index contributed by atoms with van der Waals surface area (Å²) in [7, 11) is -4.22. The number of primary sulfonamides is 1. The topological polar surface area (TPSA) is 104 Å². The number of carbonyl (C=O) groups is 2. The molecule has 0 aromatic heterocycles. The van der Waals surface area contributed by atoms with Crippen LogP contribution in [0.4, 0.5) is 0 Å². The second-order valence-electron chi connectivity index (χ2n) is 4.77. The summed E-state index contributed by atoms with van der Waals surface area (Å²) in [4.78, 5) is 24.2. The molecular weight excluding hydrogens is 318 g/mol. The lowest BCUT2D eigenvalue weighted by Gasteiger charge is -2.14. The van der Waals surface area contributed by atoms with Crippen LogP contribution in [0, 0.1) is 0 Å². The predicted octanol–water partition coefficient (Wildman–Crippen LogP) is 1.38. The van der Waals surface area contributed by atoms with Gasteiger partial charge >= 0.3 is 5.97 Å². The van der Waals surface area contributed by atoms with Gasteiger partial charge in [-0.1, -0.05) is 48.5 Å². The van der Waals surface area contributed by atoms with E-state index in [4.69, 9.17) is 9.88 Å². The zero-order chi connectivity index (χ0) is 16.9. The number of carbonyl (C=O) groups excluding carboxylic acids is 2. The number of Topliss-reactive ketones (excluding diaryl/α,β-unsaturated/α-hetero) is 1. The van der Waals surface area contributed by atoms with Gasteiger partial charge in [0.05, 0.1) is 5.56 Å². The van der Waals surface area contributed by atoms with Crippen molar-refractivity contribution in [2.45, 2.75) is 5.25 Å². The Labute approximate surface area is 133 Å². The van der Waals surface area contributed by atoms with Gasteiger partial charge in [-0.2, -0.15) is 0 Å². The van der Waals surface area contributed by atoms with E-state index in [1.54, 1.807) is 36.4 Å². The molecule has 1 atom stereocenters. The number of hydrogen-bond donors (Lipinski definition) is 1. The third kappa shape index (κ3) is 4.48. The number of ether oxygens (including phenoxy) is 1.